The third-order valence-corrected chi connectivity index (χ3v) is 4.55. The van der Waals surface area contributed by atoms with Gasteiger partial charge in [0, 0.05) is 14.3 Å². The molecule has 0 amide bonds. The van der Waals surface area contributed by atoms with Gasteiger partial charge in [-0.25, -0.2) is 0 Å². The quantitative estimate of drug-likeness (QED) is 0.697. The molecule has 0 N–H and O–H groups in total. The highest BCUT2D eigenvalue weighted by molar-refractivity contribution is 7.26. The van der Waals surface area contributed by atoms with Crippen molar-refractivity contribution >= 4 is 32.1 Å². The lowest BCUT2D eigenvalue weighted by Crippen LogP contribution is -1.94. The van der Waals surface area contributed by atoms with E-state index in [2.05, 4.69) is 31.4 Å². The summed E-state index contributed by atoms with van der Waals surface area (Å²) < 4.78 is 2.92. The summed E-state index contributed by atoms with van der Waals surface area (Å²) in [5, 5.41) is 2.17. The molecule has 13 heavy (non-hydrogen) atoms. The SMILES string of the molecule is CCC(C)Cc1cc2sccc2s1. The van der Waals surface area contributed by atoms with Crippen LogP contribution in [0.1, 0.15) is 25.1 Å². The maximum atomic E-state index is 2.36. The number of rotatable bonds is 3. The van der Waals surface area contributed by atoms with E-state index in [0.29, 0.717) is 0 Å². The van der Waals surface area contributed by atoms with E-state index in [0.717, 1.165) is 5.92 Å². The normalized spacial score (nSPS) is 13.7. The van der Waals surface area contributed by atoms with Gasteiger partial charge in [-0.05, 0) is 29.9 Å². The van der Waals surface area contributed by atoms with Crippen molar-refractivity contribution < 1.29 is 0 Å². The minimum Gasteiger partial charge on any atom is -0.143 e. The Morgan fingerprint density at radius 2 is 2.23 bits per heavy atom. The van der Waals surface area contributed by atoms with Gasteiger partial charge in [-0.1, -0.05) is 20.3 Å². The number of hydrogen-bond acceptors (Lipinski definition) is 2. The minimum absolute atomic E-state index is 0.827. The first-order valence-electron chi connectivity index (χ1n) is 4.75. The first-order valence-corrected chi connectivity index (χ1v) is 6.45. The third kappa shape index (κ3) is 1.94. The first-order chi connectivity index (χ1) is 6.29. The van der Waals surface area contributed by atoms with Crippen LogP contribution in [-0.2, 0) is 6.42 Å². The Kier molecular flexibility index (Phi) is 2.70. The average molecular weight is 210 g/mol. The number of thiophene rings is 2. The molecular weight excluding hydrogens is 196 g/mol. The predicted octanol–water partition coefficient (Wildman–Crippen LogP) is 4.55. The summed E-state index contributed by atoms with van der Waals surface area (Å²) in [6.07, 6.45) is 2.54. The van der Waals surface area contributed by atoms with Crippen LogP contribution >= 0.6 is 22.7 Å². The molecule has 0 spiro atoms. The lowest BCUT2D eigenvalue weighted by Gasteiger charge is -2.04. The van der Waals surface area contributed by atoms with Crippen LogP contribution in [0.4, 0.5) is 0 Å². The summed E-state index contributed by atoms with van der Waals surface area (Å²) in [4.78, 5) is 1.55. The van der Waals surface area contributed by atoms with Gasteiger partial charge in [0.1, 0.15) is 0 Å². The van der Waals surface area contributed by atoms with E-state index in [1.807, 2.05) is 22.7 Å². The van der Waals surface area contributed by atoms with Crippen LogP contribution in [0.3, 0.4) is 0 Å². The molecule has 0 nitrogen and oxygen atoms in total. The topological polar surface area (TPSA) is 0 Å². The summed E-state index contributed by atoms with van der Waals surface area (Å²) in [7, 11) is 0. The average Bonchev–Trinajstić information content (AvgIpc) is 2.63. The highest BCUT2D eigenvalue weighted by Gasteiger charge is 2.05. The van der Waals surface area contributed by atoms with Crippen LogP contribution in [0.5, 0.6) is 0 Å². The first kappa shape index (κ1) is 9.22. The monoisotopic (exact) mass is 210 g/mol. The largest absolute Gasteiger partial charge is 0.143 e. The fourth-order valence-electron chi connectivity index (χ4n) is 1.40. The van der Waals surface area contributed by atoms with Gasteiger partial charge in [0.15, 0.2) is 0 Å². The molecule has 0 aromatic carbocycles. The minimum atomic E-state index is 0.827. The van der Waals surface area contributed by atoms with Crippen LogP contribution in [0.2, 0.25) is 0 Å². The Morgan fingerprint density at radius 1 is 1.38 bits per heavy atom. The summed E-state index contributed by atoms with van der Waals surface area (Å²) >= 11 is 3.81. The molecule has 2 heteroatoms. The number of fused-ring (bicyclic) bond motifs is 1. The molecule has 2 heterocycles. The lowest BCUT2D eigenvalue weighted by atomic mass is 10.0. The zero-order valence-electron chi connectivity index (χ0n) is 8.04. The van der Waals surface area contributed by atoms with Gasteiger partial charge in [0.05, 0.1) is 0 Å². The molecule has 0 bridgehead atoms. The van der Waals surface area contributed by atoms with Gasteiger partial charge in [0.2, 0.25) is 0 Å². The number of hydrogen-bond donors (Lipinski definition) is 0. The summed E-state index contributed by atoms with van der Waals surface area (Å²) in [6.45, 7) is 4.59. The van der Waals surface area contributed by atoms with E-state index in [1.165, 1.54) is 22.2 Å². The van der Waals surface area contributed by atoms with Gasteiger partial charge < -0.3 is 0 Å². The highest BCUT2D eigenvalue weighted by atomic mass is 32.1. The second kappa shape index (κ2) is 3.81. The molecule has 0 aliphatic rings. The molecule has 2 rings (SSSR count). The van der Waals surface area contributed by atoms with Crippen molar-refractivity contribution in [3.05, 3.63) is 22.4 Å². The molecule has 0 saturated carbocycles. The Morgan fingerprint density at radius 3 is 2.92 bits per heavy atom. The van der Waals surface area contributed by atoms with Crippen LogP contribution in [0, 0.1) is 5.92 Å². The molecule has 0 fully saturated rings. The molecular formula is C11H14S2. The molecule has 2 aromatic heterocycles. The third-order valence-electron chi connectivity index (χ3n) is 2.44. The Labute approximate surface area is 87.2 Å². The van der Waals surface area contributed by atoms with Gasteiger partial charge in [-0.15, -0.1) is 22.7 Å². The van der Waals surface area contributed by atoms with Gasteiger partial charge in [-0.2, -0.15) is 0 Å². The summed E-state index contributed by atoms with van der Waals surface area (Å²) in [5.41, 5.74) is 0. The zero-order chi connectivity index (χ0) is 9.26. The molecule has 70 valence electrons. The Balaban J connectivity index is 2.20. The lowest BCUT2D eigenvalue weighted by molar-refractivity contribution is 0.565. The van der Waals surface area contributed by atoms with Crippen molar-refractivity contribution in [2.24, 2.45) is 5.92 Å². The molecule has 1 atom stereocenters. The maximum Gasteiger partial charge on any atom is 0.0453 e. The summed E-state index contributed by atoms with van der Waals surface area (Å²) in [5.74, 6) is 0.827. The van der Waals surface area contributed by atoms with E-state index < -0.39 is 0 Å². The van der Waals surface area contributed by atoms with Crippen LogP contribution < -0.4 is 0 Å². The van der Waals surface area contributed by atoms with E-state index in [4.69, 9.17) is 0 Å². The maximum absolute atomic E-state index is 2.36. The zero-order valence-corrected chi connectivity index (χ0v) is 9.67. The standard InChI is InChI=1S/C11H14S2/c1-3-8(2)6-9-7-11-10(13-9)4-5-12-11/h4-5,7-8H,3,6H2,1-2H3. The van der Waals surface area contributed by atoms with Gasteiger partial charge in [0.25, 0.3) is 0 Å². The van der Waals surface area contributed by atoms with Crippen molar-refractivity contribution in [3.63, 3.8) is 0 Å². The van der Waals surface area contributed by atoms with Crippen LogP contribution in [-0.4, -0.2) is 0 Å². The smallest absolute Gasteiger partial charge is 0.0453 e. The molecule has 0 saturated heterocycles. The molecule has 2 aromatic rings. The summed E-state index contributed by atoms with van der Waals surface area (Å²) in [6, 6.07) is 4.58. The van der Waals surface area contributed by atoms with E-state index in [9.17, 15) is 0 Å². The van der Waals surface area contributed by atoms with Crippen molar-refractivity contribution in [1.82, 2.24) is 0 Å². The van der Waals surface area contributed by atoms with Gasteiger partial charge in [-0.3, -0.25) is 0 Å². The van der Waals surface area contributed by atoms with E-state index in [1.54, 1.807) is 4.88 Å². The fourth-order valence-corrected chi connectivity index (χ4v) is 3.70. The second-order valence-corrected chi connectivity index (χ2v) is 5.70. The molecule has 0 aliphatic heterocycles. The van der Waals surface area contributed by atoms with E-state index >= 15 is 0 Å². The fraction of sp³-hybridized carbons (Fsp3) is 0.455. The van der Waals surface area contributed by atoms with Crippen LogP contribution in [0.25, 0.3) is 9.40 Å². The Bertz CT molecular complexity index is 355. The van der Waals surface area contributed by atoms with Crippen molar-refractivity contribution in [3.8, 4) is 0 Å². The van der Waals surface area contributed by atoms with Crippen molar-refractivity contribution in [2.45, 2.75) is 26.7 Å². The molecule has 1 unspecified atom stereocenters. The van der Waals surface area contributed by atoms with Crippen LogP contribution in [0.15, 0.2) is 17.5 Å². The van der Waals surface area contributed by atoms with Gasteiger partial charge >= 0.3 is 0 Å². The molecule has 0 aliphatic carbocycles. The predicted molar refractivity (Wildman–Crippen MR) is 62.9 cm³/mol. The van der Waals surface area contributed by atoms with Crippen molar-refractivity contribution in [2.75, 3.05) is 0 Å². The molecule has 0 radical (unpaired) electrons. The van der Waals surface area contributed by atoms with Crippen molar-refractivity contribution in [1.29, 1.82) is 0 Å². The Hall–Kier alpha value is -0.340. The highest BCUT2D eigenvalue weighted by Crippen LogP contribution is 2.31. The second-order valence-electron chi connectivity index (χ2n) is 3.58. The van der Waals surface area contributed by atoms with E-state index in [-0.39, 0.29) is 0 Å².